The monoisotopic (exact) mass is 508 g/mol. The number of halogens is 2. The van der Waals surface area contributed by atoms with Crippen molar-refractivity contribution in [2.75, 3.05) is 13.2 Å². The first-order chi connectivity index (χ1) is 17.0. The highest BCUT2D eigenvalue weighted by atomic mass is 35.5. The lowest BCUT2D eigenvalue weighted by molar-refractivity contribution is -0.117. The average molecular weight is 509 g/mol. The molecule has 0 saturated carbocycles. The normalized spacial score (nSPS) is 11.0. The molecule has 5 nitrogen and oxygen atoms in total. The fraction of sp³-hybridized carbons (Fsp3) is 0.214. The van der Waals surface area contributed by atoms with Crippen LogP contribution in [0.1, 0.15) is 30.0 Å². The van der Waals surface area contributed by atoms with E-state index in [-0.39, 0.29) is 12.2 Å². The van der Waals surface area contributed by atoms with Gasteiger partial charge in [-0.3, -0.25) is 4.79 Å². The van der Waals surface area contributed by atoms with E-state index in [0.717, 1.165) is 18.4 Å². The number of hydrogen-bond acceptors (Lipinski definition) is 4. The Hall–Kier alpha value is -3.46. The van der Waals surface area contributed by atoms with Gasteiger partial charge < -0.3 is 14.8 Å². The molecule has 0 unspecified atom stereocenters. The van der Waals surface area contributed by atoms with Crippen LogP contribution in [0, 0.1) is 11.3 Å². The first-order valence-electron chi connectivity index (χ1n) is 11.3. The SMILES string of the molecule is CCOc1cc(/C=C(/C#N)C(=O)NCCCc2ccccc2)cc(Cl)c1OCc1ccc(Cl)cc1. The molecule has 0 atom stereocenters. The number of aryl methyl sites for hydroxylation is 1. The van der Waals surface area contributed by atoms with E-state index in [4.69, 9.17) is 32.7 Å². The van der Waals surface area contributed by atoms with Crippen molar-refractivity contribution in [2.45, 2.75) is 26.4 Å². The highest BCUT2D eigenvalue weighted by Gasteiger charge is 2.15. The van der Waals surface area contributed by atoms with Crippen molar-refractivity contribution < 1.29 is 14.3 Å². The summed E-state index contributed by atoms with van der Waals surface area (Å²) in [5.74, 6) is 0.392. The summed E-state index contributed by atoms with van der Waals surface area (Å²) in [7, 11) is 0. The van der Waals surface area contributed by atoms with E-state index in [1.807, 2.05) is 55.5 Å². The molecule has 0 radical (unpaired) electrons. The molecule has 0 aromatic heterocycles. The smallest absolute Gasteiger partial charge is 0.261 e. The van der Waals surface area contributed by atoms with Crippen LogP contribution in [0.5, 0.6) is 11.5 Å². The summed E-state index contributed by atoms with van der Waals surface area (Å²) in [6, 6.07) is 22.7. The number of carbonyl (C=O) groups excluding carboxylic acids is 1. The predicted molar refractivity (Wildman–Crippen MR) is 140 cm³/mol. The van der Waals surface area contributed by atoms with Gasteiger partial charge in [0.05, 0.1) is 11.6 Å². The number of benzene rings is 3. The minimum Gasteiger partial charge on any atom is -0.490 e. The molecule has 0 aliphatic carbocycles. The van der Waals surface area contributed by atoms with E-state index in [0.29, 0.717) is 40.3 Å². The molecule has 1 N–H and O–H groups in total. The Morgan fingerprint density at radius 3 is 2.46 bits per heavy atom. The number of carbonyl (C=O) groups is 1. The topological polar surface area (TPSA) is 71.3 Å². The fourth-order valence-electron chi connectivity index (χ4n) is 3.36. The van der Waals surface area contributed by atoms with Crippen LogP contribution < -0.4 is 14.8 Å². The second kappa shape index (κ2) is 13.4. The lowest BCUT2D eigenvalue weighted by Gasteiger charge is -2.15. The van der Waals surface area contributed by atoms with Gasteiger partial charge in [0.1, 0.15) is 18.2 Å². The average Bonchev–Trinajstić information content (AvgIpc) is 2.86. The Morgan fingerprint density at radius 2 is 1.77 bits per heavy atom. The van der Waals surface area contributed by atoms with E-state index >= 15 is 0 Å². The Kier molecular flexibility index (Phi) is 10.0. The van der Waals surface area contributed by atoms with E-state index in [9.17, 15) is 10.1 Å². The van der Waals surface area contributed by atoms with Crippen LogP contribution in [0.2, 0.25) is 10.0 Å². The van der Waals surface area contributed by atoms with Crippen molar-refractivity contribution in [3.8, 4) is 17.6 Å². The van der Waals surface area contributed by atoms with Crippen LogP contribution in [-0.4, -0.2) is 19.1 Å². The number of amides is 1. The lowest BCUT2D eigenvalue weighted by atomic mass is 10.1. The van der Waals surface area contributed by atoms with Gasteiger partial charge in [0.15, 0.2) is 11.5 Å². The number of nitrogens with one attached hydrogen (secondary N) is 1. The highest BCUT2D eigenvalue weighted by molar-refractivity contribution is 6.32. The summed E-state index contributed by atoms with van der Waals surface area (Å²) in [6.07, 6.45) is 3.11. The Labute approximate surface area is 215 Å². The maximum absolute atomic E-state index is 12.5. The Balaban J connectivity index is 1.68. The second-order valence-corrected chi connectivity index (χ2v) is 8.54. The van der Waals surface area contributed by atoms with E-state index in [1.165, 1.54) is 11.6 Å². The molecule has 0 saturated heterocycles. The zero-order valence-corrected chi connectivity index (χ0v) is 20.9. The molecule has 7 heteroatoms. The first kappa shape index (κ1) is 26.2. The van der Waals surface area contributed by atoms with Crippen molar-refractivity contribution in [3.05, 3.63) is 99.0 Å². The maximum atomic E-state index is 12.5. The van der Waals surface area contributed by atoms with Crippen LogP contribution in [0.15, 0.2) is 72.3 Å². The van der Waals surface area contributed by atoms with Crippen molar-refractivity contribution in [2.24, 2.45) is 0 Å². The fourth-order valence-corrected chi connectivity index (χ4v) is 3.76. The molecule has 1 amide bonds. The minimum absolute atomic E-state index is 0.0157. The summed E-state index contributed by atoms with van der Waals surface area (Å²) in [6.45, 7) is 2.99. The summed E-state index contributed by atoms with van der Waals surface area (Å²) in [5, 5.41) is 13.3. The van der Waals surface area contributed by atoms with Crippen molar-refractivity contribution in [1.29, 1.82) is 5.26 Å². The lowest BCUT2D eigenvalue weighted by Crippen LogP contribution is -2.25. The van der Waals surface area contributed by atoms with Crippen molar-refractivity contribution in [1.82, 2.24) is 5.32 Å². The number of hydrogen-bond donors (Lipinski definition) is 1. The summed E-state index contributed by atoms with van der Waals surface area (Å²) in [5.41, 5.74) is 2.67. The van der Waals surface area contributed by atoms with Crippen LogP contribution in [0.4, 0.5) is 0 Å². The van der Waals surface area contributed by atoms with E-state index in [2.05, 4.69) is 5.32 Å². The summed E-state index contributed by atoms with van der Waals surface area (Å²) >= 11 is 12.4. The standard InChI is InChI=1S/C28H26Cl2N2O3/c1-2-34-26-17-22(16-25(30)27(26)35-19-21-10-12-24(29)13-11-21)15-23(18-31)28(33)32-14-6-9-20-7-4-3-5-8-20/h3-5,7-8,10-13,15-17H,2,6,9,14,19H2,1H3,(H,32,33)/b23-15-. The number of rotatable bonds is 11. The molecule has 180 valence electrons. The van der Waals surface area contributed by atoms with Gasteiger partial charge in [-0.15, -0.1) is 0 Å². The minimum atomic E-state index is -0.433. The van der Waals surface area contributed by atoms with Gasteiger partial charge in [-0.05, 0) is 66.8 Å². The van der Waals surface area contributed by atoms with Crippen molar-refractivity contribution >= 4 is 35.2 Å². The van der Waals surface area contributed by atoms with Crippen molar-refractivity contribution in [3.63, 3.8) is 0 Å². The Bertz CT molecular complexity index is 1200. The van der Waals surface area contributed by atoms with Gasteiger partial charge in [0, 0.05) is 11.6 Å². The van der Waals surface area contributed by atoms with Crippen LogP contribution in [0.3, 0.4) is 0 Å². The Morgan fingerprint density at radius 1 is 1.03 bits per heavy atom. The van der Waals surface area contributed by atoms with Gasteiger partial charge in [-0.25, -0.2) is 0 Å². The second-order valence-electron chi connectivity index (χ2n) is 7.69. The first-order valence-corrected chi connectivity index (χ1v) is 12.0. The van der Waals surface area contributed by atoms with E-state index < -0.39 is 5.91 Å². The van der Waals surface area contributed by atoms with Crippen LogP contribution in [0.25, 0.3) is 6.08 Å². The van der Waals surface area contributed by atoms with Crippen LogP contribution >= 0.6 is 23.2 Å². The molecule has 3 rings (SSSR count). The molecule has 0 fully saturated rings. The number of nitrogens with zero attached hydrogens (tertiary/aromatic N) is 1. The van der Waals surface area contributed by atoms with Crippen LogP contribution in [-0.2, 0) is 17.8 Å². The summed E-state index contributed by atoms with van der Waals surface area (Å²) < 4.78 is 11.6. The largest absolute Gasteiger partial charge is 0.490 e. The van der Waals surface area contributed by atoms with Gasteiger partial charge in [-0.2, -0.15) is 5.26 Å². The molecule has 3 aromatic carbocycles. The maximum Gasteiger partial charge on any atom is 0.261 e. The van der Waals surface area contributed by atoms with Gasteiger partial charge >= 0.3 is 0 Å². The molecule has 0 aliphatic heterocycles. The molecule has 0 bridgehead atoms. The summed E-state index contributed by atoms with van der Waals surface area (Å²) in [4.78, 5) is 12.5. The molecular weight excluding hydrogens is 483 g/mol. The number of ether oxygens (including phenoxy) is 2. The third kappa shape index (κ3) is 8.06. The third-order valence-electron chi connectivity index (χ3n) is 5.07. The molecular formula is C28H26Cl2N2O3. The highest BCUT2D eigenvalue weighted by Crippen LogP contribution is 2.38. The molecule has 0 spiro atoms. The number of nitriles is 1. The quantitative estimate of drug-likeness (QED) is 0.179. The molecule has 35 heavy (non-hydrogen) atoms. The zero-order valence-electron chi connectivity index (χ0n) is 19.4. The third-order valence-corrected chi connectivity index (χ3v) is 5.61. The molecule has 3 aromatic rings. The molecule has 0 heterocycles. The van der Waals surface area contributed by atoms with Gasteiger partial charge in [0.25, 0.3) is 5.91 Å². The zero-order chi connectivity index (χ0) is 25.0. The van der Waals surface area contributed by atoms with Gasteiger partial charge in [-0.1, -0.05) is 65.7 Å². The predicted octanol–water partition coefficient (Wildman–Crippen LogP) is 6.63. The van der Waals surface area contributed by atoms with E-state index in [1.54, 1.807) is 24.3 Å². The molecule has 0 aliphatic rings. The van der Waals surface area contributed by atoms with Gasteiger partial charge in [0.2, 0.25) is 0 Å².